The second-order valence-corrected chi connectivity index (χ2v) is 6.94. The average molecular weight is 356 g/mol. The van der Waals surface area contributed by atoms with Crippen molar-refractivity contribution in [1.82, 2.24) is 19.4 Å². The molecule has 1 aliphatic rings. The van der Waals surface area contributed by atoms with Gasteiger partial charge in [-0.1, -0.05) is 42.5 Å². The first kappa shape index (κ1) is 16.0. The van der Waals surface area contributed by atoms with E-state index in [2.05, 4.69) is 57.0 Å². The molecule has 134 valence electrons. The van der Waals surface area contributed by atoms with Gasteiger partial charge in [0.05, 0.1) is 23.5 Å². The van der Waals surface area contributed by atoms with Gasteiger partial charge in [0.2, 0.25) is 0 Å². The summed E-state index contributed by atoms with van der Waals surface area (Å²) in [6.45, 7) is 2.44. The minimum atomic E-state index is -0.0766. The molecular weight excluding hydrogens is 336 g/mol. The maximum absolute atomic E-state index is 12.4. The second kappa shape index (κ2) is 6.52. The number of para-hydroxylation sites is 1. The normalized spacial score (nSPS) is 17.1. The van der Waals surface area contributed by atoms with Gasteiger partial charge in [-0.3, -0.25) is 9.69 Å². The number of fused-ring (bicyclic) bond motifs is 2. The third kappa shape index (κ3) is 2.86. The van der Waals surface area contributed by atoms with Crippen LogP contribution in [0.1, 0.15) is 23.1 Å². The Kier molecular flexibility index (Phi) is 3.87. The maximum atomic E-state index is 12.4. The fraction of sp³-hybridized carbons (Fsp3) is 0.182. The SMILES string of the molecule is O=c1[nH]c(CN2CCn3cccc3[C@H]2c2ccccc2)nc2ccccc12. The van der Waals surface area contributed by atoms with Crippen molar-refractivity contribution in [2.24, 2.45) is 0 Å². The van der Waals surface area contributed by atoms with Crippen molar-refractivity contribution in [2.75, 3.05) is 6.54 Å². The van der Waals surface area contributed by atoms with Gasteiger partial charge < -0.3 is 9.55 Å². The van der Waals surface area contributed by atoms with Gasteiger partial charge in [-0.05, 0) is 29.8 Å². The zero-order valence-electron chi connectivity index (χ0n) is 14.9. The molecule has 4 aromatic rings. The minimum Gasteiger partial charge on any atom is -0.348 e. The van der Waals surface area contributed by atoms with Crippen LogP contribution in [-0.4, -0.2) is 26.0 Å². The molecule has 5 heteroatoms. The number of hydrogen-bond acceptors (Lipinski definition) is 3. The minimum absolute atomic E-state index is 0.0766. The molecule has 2 aromatic heterocycles. The molecule has 0 radical (unpaired) electrons. The number of aromatic amines is 1. The smallest absolute Gasteiger partial charge is 0.258 e. The zero-order chi connectivity index (χ0) is 18.2. The number of hydrogen-bond donors (Lipinski definition) is 1. The van der Waals surface area contributed by atoms with E-state index in [0.29, 0.717) is 17.8 Å². The standard InChI is InChI=1S/C22H20N4O/c27-22-17-9-4-5-10-18(17)23-20(24-22)15-26-14-13-25-12-6-11-19(25)21(26)16-7-2-1-3-8-16/h1-12,21H,13-15H2,(H,23,24,27)/t21-/m1/s1. The predicted molar refractivity (Wildman–Crippen MR) is 105 cm³/mol. The zero-order valence-corrected chi connectivity index (χ0v) is 14.9. The Morgan fingerprint density at radius 1 is 0.963 bits per heavy atom. The molecule has 1 N–H and O–H groups in total. The topological polar surface area (TPSA) is 53.9 Å². The van der Waals surface area contributed by atoms with E-state index in [0.717, 1.165) is 18.6 Å². The summed E-state index contributed by atoms with van der Waals surface area (Å²) in [5, 5.41) is 0.633. The van der Waals surface area contributed by atoms with Crippen LogP contribution >= 0.6 is 0 Å². The van der Waals surface area contributed by atoms with Crippen molar-refractivity contribution in [3.05, 3.63) is 100 Å². The van der Waals surface area contributed by atoms with Crippen LogP contribution in [0.3, 0.4) is 0 Å². The van der Waals surface area contributed by atoms with E-state index >= 15 is 0 Å². The molecule has 27 heavy (non-hydrogen) atoms. The summed E-state index contributed by atoms with van der Waals surface area (Å²) in [6, 6.07) is 22.4. The van der Waals surface area contributed by atoms with Gasteiger partial charge in [0.15, 0.2) is 0 Å². The van der Waals surface area contributed by atoms with Gasteiger partial charge in [-0.15, -0.1) is 0 Å². The van der Waals surface area contributed by atoms with Crippen LogP contribution in [0.4, 0.5) is 0 Å². The van der Waals surface area contributed by atoms with E-state index in [1.807, 2.05) is 30.3 Å². The number of nitrogens with one attached hydrogen (secondary N) is 1. The Balaban J connectivity index is 1.55. The summed E-state index contributed by atoms with van der Waals surface area (Å²) in [4.78, 5) is 22.5. The molecule has 0 saturated heterocycles. The maximum Gasteiger partial charge on any atom is 0.258 e. The quantitative estimate of drug-likeness (QED) is 0.613. The van der Waals surface area contributed by atoms with Crippen LogP contribution in [0, 0.1) is 0 Å². The lowest BCUT2D eigenvalue weighted by atomic mass is 10.00. The Bertz CT molecular complexity index is 1150. The van der Waals surface area contributed by atoms with Gasteiger partial charge in [0.1, 0.15) is 5.82 Å². The van der Waals surface area contributed by atoms with Crippen molar-refractivity contribution in [3.8, 4) is 0 Å². The largest absolute Gasteiger partial charge is 0.348 e. The third-order valence-corrected chi connectivity index (χ3v) is 5.27. The first-order valence-corrected chi connectivity index (χ1v) is 9.21. The molecule has 0 amide bonds. The lowest BCUT2D eigenvalue weighted by Crippen LogP contribution is -2.38. The Morgan fingerprint density at radius 2 is 1.78 bits per heavy atom. The van der Waals surface area contributed by atoms with Gasteiger partial charge in [0, 0.05) is 25.0 Å². The van der Waals surface area contributed by atoms with Crippen LogP contribution in [0.25, 0.3) is 10.9 Å². The van der Waals surface area contributed by atoms with Crippen LogP contribution in [0.5, 0.6) is 0 Å². The van der Waals surface area contributed by atoms with E-state index in [4.69, 9.17) is 4.98 Å². The van der Waals surface area contributed by atoms with Crippen LogP contribution < -0.4 is 5.56 Å². The molecule has 5 rings (SSSR count). The molecule has 0 spiro atoms. The fourth-order valence-electron chi connectivity index (χ4n) is 4.02. The highest BCUT2D eigenvalue weighted by atomic mass is 16.1. The lowest BCUT2D eigenvalue weighted by molar-refractivity contribution is 0.170. The molecule has 0 aliphatic carbocycles. The molecular formula is C22H20N4O. The fourth-order valence-corrected chi connectivity index (χ4v) is 4.02. The summed E-state index contributed by atoms with van der Waals surface area (Å²) in [5.74, 6) is 0.708. The highest BCUT2D eigenvalue weighted by Gasteiger charge is 2.29. The van der Waals surface area contributed by atoms with Crippen molar-refractivity contribution in [2.45, 2.75) is 19.1 Å². The van der Waals surface area contributed by atoms with Gasteiger partial charge in [-0.2, -0.15) is 0 Å². The van der Waals surface area contributed by atoms with Gasteiger partial charge in [0.25, 0.3) is 5.56 Å². The number of benzene rings is 2. The summed E-state index contributed by atoms with van der Waals surface area (Å²) in [7, 11) is 0. The van der Waals surface area contributed by atoms with E-state index < -0.39 is 0 Å². The molecule has 0 unspecified atom stereocenters. The summed E-state index contributed by atoms with van der Waals surface area (Å²) in [5.41, 5.74) is 3.19. The van der Waals surface area contributed by atoms with Crippen molar-refractivity contribution in [3.63, 3.8) is 0 Å². The molecule has 1 atom stereocenters. The monoisotopic (exact) mass is 356 g/mol. The first-order chi connectivity index (χ1) is 13.3. The summed E-state index contributed by atoms with van der Waals surface area (Å²) < 4.78 is 2.31. The third-order valence-electron chi connectivity index (χ3n) is 5.27. The van der Waals surface area contributed by atoms with Crippen LogP contribution in [0.2, 0.25) is 0 Å². The van der Waals surface area contributed by atoms with Crippen LogP contribution in [-0.2, 0) is 13.1 Å². The van der Waals surface area contributed by atoms with Crippen molar-refractivity contribution >= 4 is 10.9 Å². The molecule has 0 fully saturated rings. The first-order valence-electron chi connectivity index (χ1n) is 9.21. The summed E-state index contributed by atoms with van der Waals surface area (Å²) >= 11 is 0. The number of rotatable bonds is 3. The molecule has 1 aliphatic heterocycles. The van der Waals surface area contributed by atoms with Crippen LogP contribution in [0.15, 0.2) is 77.7 Å². The molecule has 3 heterocycles. The van der Waals surface area contributed by atoms with E-state index in [-0.39, 0.29) is 11.6 Å². The molecule has 0 saturated carbocycles. The Labute approximate surface area is 156 Å². The molecule has 5 nitrogen and oxygen atoms in total. The predicted octanol–water partition coefficient (Wildman–Crippen LogP) is 3.33. The number of H-pyrrole nitrogens is 1. The highest BCUT2D eigenvalue weighted by Crippen LogP contribution is 2.33. The molecule has 2 aromatic carbocycles. The van der Waals surface area contributed by atoms with Gasteiger partial charge in [-0.25, -0.2) is 4.98 Å². The number of aromatic nitrogens is 3. The van der Waals surface area contributed by atoms with E-state index in [9.17, 15) is 4.79 Å². The second-order valence-electron chi connectivity index (χ2n) is 6.94. The van der Waals surface area contributed by atoms with Crippen molar-refractivity contribution in [1.29, 1.82) is 0 Å². The lowest BCUT2D eigenvalue weighted by Gasteiger charge is -2.37. The van der Waals surface area contributed by atoms with E-state index in [1.54, 1.807) is 0 Å². The molecule has 0 bridgehead atoms. The van der Waals surface area contributed by atoms with Gasteiger partial charge >= 0.3 is 0 Å². The Morgan fingerprint density at radius 3 is 2.67 bits per heavy atom. The van der Waals surface area contributed by atoms with E-state index in [1.165, 1.54) is 11.3 Å². The highest BCUT2D eigenvalue weighted by molar-refractivity contribution is 5.77. The summed E-state index contributed by atoms with van der Waals surface area (Å²) in [6.07, 6.45) is 2.14. The number of nitrogens with zero attached hydrogens (tertiary/aromatic N) is 3. The van der Waals surface area contributed by atoms with Crippen molar-refractivity contribution < 1.29 is 0 Å². The average Bonchev–Trinajstić information content (AvgIpc) is 3.17. The Hall–Kier alpha value is -3.18.